The standard InChI is InChI=1S/C10H11BrN4/c1-7-5-10(14-15(7)2)13-9-4-3-8(11)6-12-9/h3-6H,1-2H3,(H,12,13,14). The first-order chi connectivity index (χ1) is 7.15. The van der Waals surface area contributed by atoms with Crippen LogP contribution in [-0.4, -0.2) is 14.8 Å². The number of halogens is 1. The van der Waals surface area contributed by atoms with E-state index in [9.17, 15) is 0 Å². The Morgan fingerprint density at radius 2 is 2.13 bits per heavy atom. The van der Waals surface area contributed by atoms with Crippen molar-refractivity contribution in [2.24, 2.45) is 7.05 Å². The Balaban J connectivity index is 2.18. The summed E-state index contributed by atoms with van der Waals surface area (Å²) in [5.41, 5.74) is 1.11. The first-order valence-corrected chi connectivity index (χ1v) is 5.33. The molecule has 0 aliphatic carbocycles. The van der Waals surface area contributed by atoms with E-state index in [0.717, 1.165) is 21.8 Å². The van der Waals surface area contributed by atoms with Crippen LogP contribution in [0.5, 0.6) is 0 Å². The molecule has 0 spiro atoms. The van der Waals surface area contributed by atoms with E-state index in [-0.39, 0.29) is 0 Å². The van der Waals surface area contributed by atoms with Gasteiger partial charge < -0.3 is 5.32 Å². The Bertz CT molecular complexity index is 441. The topological polar surface area (TPSA) is 42.7 Å². The number of rotatable bonds is 2. The van der Waals surface area contributed by atoms with Crippen molar-refractivity contribution in [3.63, 3.8) is 0 Å². The van der Waals surface area contributed by atoms with Gasteiger partial charge in [0.2, 0.25) is 0 Å². The molecule has 0 radical (unpaired) electrons. The molecule has 0 aliphatic heterocycles. The van der Waals surface area contributed by atoms with Crippen molar-refractivity contribution in [2.45, 2.75) is 6.92 Å². The molecule has 2 heterocycles. The Labute approximate surface area is 96.5 Å². The predicted molar refractivity (Wildman–Crippen MR) is 63.2 cm³/mol. The summed E-state index contributed by atoms with van der Waals surface area (Å²) in [6.07, 6.45) is 1.75. The zero-order valence-corrected chi connectivity index (χ0v) is 10.1. The van der Waals surface area contributed by atoms with Crippen molar-refractivity contribution in [1.29, 1.82) is 0 Å². The van der Waals surface area contributed by atoms with E-state index in [1.807, 2.05) is 36.9 Å². The molecule has 2 aromatic heterocycles. The summed E-state index contributed by atoms with van der Waals surface area (Å²) in [6, 6.07) is 5.81. The summed E-state index contributed by atoms with van der Waals surface area (Å²) in [5.74, 6) is 1.60. The summed E-state index contributed by atoms with van der Waals surface area (Å²) in [4.78, 5) is 4.21. The van der Waals surface area contributed by atoms with E-state index in [1.54, 1.807) is 6.20 Å². The number of nitrogens with zero attached hydrogens (tertiary/aromatic N) is 3. The molecule has 5 heteroatoms. The van der Waals surface area contributed by atoms with Gasteiger partial charge in [-0.2, -0.15) is 5.10 Å². The Hall–Kier alpha value is -1.36. The van der Waals surface area contributed by atoms with Gasteiger partial charge in [-0.05, 0) is 35.0 Å². The fraction of sp³-hybridized carbons (Fsp3) is 0.200. The summed E-state index contributed by atoms with van der Waals surface area (Å²) < 4.78 is 2.78. The maximum absolute atomic E-state index is 4.28. The molecule has 15 heavy (non-hydrogen) atoms. The summed E-state index contributed by atoms with van der Waals surface area (Å²) in [7, 11) is 1.91. The molecular formula is C10H11BrN4. The molecule has 0 bridgehead atoms. The number of anilines is 2. The first kappa shape index (κ1) is 10.2. The number of nitrogens with one attached hydrogen (secondary N) is 1. The van der Waals surface area contributed by atoms with E-state index >= 15 is 0 Å². The molecule has 0 amide bonds. The van der Waals surface area contributed by atoms with E-state index < -0.39 is 0 Å². The minimum absolute atomic E-state index is 0.788. The van der Waals surface area contributed by atoms with Crippen LogP contribution in [0.2, 0.25) is 0 Å². The van der Waals surface area contributed by atoms with Crippen molar-refractivity contribution in [1.82, 2.24) is 14.8 Å². The number of aromatic nitrogens is 3. The molecular weight excluding hydrogens is 256 g/mol. The van der Waals surface area contributed by atoms with Crippen molar-refractivity contribution in [3.05, 3.63) is 34.6 Å². The molecule has 2 rings (SSSR count). The smallest absolute Gasteiger partial charge is 0.153 e. The highest BCUT2D eigenvalue weighted by Crippen LogP contribution is 2.15. The second-order valence-electron chi connectivity index (χ2n) is 3.28. The second kappa shape index (κ2) is 4.02. The zero-order valence-electron chi connectivity index (χ0n) is 8.53. The third kappa shape index (κ3) is 2.36. The van der Waals surface area contributed by atoms with Gasteiger partial charge in [0.1, 0.15) is 5.82 Å². The molecule has 0 atom stereocenters. The molecule has 0 aromatic carbocycles. The van der Waals surface area contributed by atoms with Crippen molar-refractivity contribution in [2.75, 3.05) is 5.32 Å². The first-order valence-electron chi connectivity index (χ1n) is 4.54. The molecule has 0 saturated carbocycles. The normalized spacial score (nSPS) is 10.3. The largest absolute Gasteiger partial charge is 0.323 e. The molecule has 78 valence electrons. The van der Waals surface area contributed by atoms with Gasteiger partial charge in [0.05, 0.1) is 0 Å². The van der Waals surface area contributed by atoms with Gasteiger partial charge in [0, 0.05) is 29.5 Å². The summed E-state index contributed by atoms with van der Waals surface area (Å²) in [6.45, 7) is 2.01. The molecule has 4 nitrogen and oxygen atoms in total. The Morgan fingerprint density at radius 1 is 1.33 bits per heavy atom. The van der Waals surface area contributed by atoms with Crippen LogP contribution in [0.15, 0.2) is 28.9 Å². The number of aryl methyl sites for hydroxylation is 2. The molecule has 0 saturated heterocycles. The third-order valence-electron chi connectivity index (χ3n) is 2.10. The average molecular weight is 267 g/mol. The van der Waals surface area contributed by atoms with Gasteiger partial charge in [-0.25, -0.2) is 4.98 Å². The maximum atomic E-state index is 4.28. The van der Waals surface area contributed by atoms with Crippen molar-refractivity contribution >= 4 is 27.6 Å². The molecule has 0 fully saturated rings. The van der Waals surface area contributed by atoms with Crippen molar-refractivity contribution < 1.29 is 0 Å². The Kier molecular flexibility index (Phi) is 2.73. The highest BCUT2D eigenvalue weighted by Gasteiger charge is 2.01. The van der Waals surface area contributed by atoms with Crippen molar-refractivity contribution in [3.8, 4) is 0 Å². The lowest BCUT2D eigenvalue weighted by Gasteiger charge is -2.00. The minimum Gasteiger partial charge on any atom is -0.323 e. The maximum Gasteiger partial charge on any atom is 0.153 e. The number of hydrogen-bond donors (Lipinski definition) is 1. The van der Waals surface area contributed by atoms with E-state index in [1.165, 1.54) is 0 Å². The van der Waals surface area contributed by atoms with Gasteiger partial charge in [0.15, 0.2) is 5.82 Å². The summed E-state index contributed by atoms with van der Waals surface area (Å²) in [5, 5.41) is 7.41. The van der Waals surface area contributed by atoms with Crippen LogP contribution in [0.25, 0.3) is 0 Å². The van der Waals surface area contributed by atoms with Gasteiger partial charge in [0.25, 0.3) is 0 Å². The SMILES string of the molecule is Cc1cc(Nc2ccc(Br)cn2)nn1C. The van der Waals surface area contributed by atoms with Crippen LogP contribution < -0.4 is 5.32 Å². The van der Waals surface area contributed by atoms with Gasteiger partial charge >= 0.3 is 0 Å². The zero-order chi connectivity index (χ0) is 10.8. The molecule has 0 unspecified atom stereocenters. The fourth-order valence-corrected chi connectivity index (χ4v) is 1.44. The predicted octanol–water partition coefficient (Wildman–Crippen LogP) is 2.63. The number of pyridine rings is 1. The van der Waals surface area contributed by atoms with E-state index in [2.05, 4.69) is 31.3 Å². The highest BCUT2D eigenvalue weighted by atomic mass is 79.9. The lowest BCUT2D eigenvalue weighted by atomic mass is 10.4. The molecule has 1 N–H and O–H groups in total. The lowest BCUT2D eigenvalue weighted by molar-refractivity contribution is 0.743. The fourth-order valence-electron chi connectivity index (χ4n) is 1.20. The van der Waals surface area contributed by atoms with Gasteiger partial charge in [-0.15, -0.1) is 0 Å². The number of hydrogen-bond acceptors (Lipinski definition) is 3. The van der Waals surface area contributed by atoms with Gasteiger partial charge in [-0.3, -0.25) is 4.68 Å². The second-order valence-corrected chi connectivity index (χ2v) is 4.20. The van der Waals surface area contributed by atoms with Crippen LogP contribution in [0.4, 0.5) is 11.6 Å². The monoisotopic (exact) mass is 266 g/mol. The van der Waals surface area contributed by atoms with E-state index in [4.69, 9.17) is 0 Å². The molecule has 2 aromatic rings. The Morgan fingerprint density at radius 3 is 2.67 bits per heavy atom. The average Bonchev–Trinajstić information content (AvgIpc) is 2.50. The third-order valence-corrected chi connectivity index (χ3v) is 2.57. The minimum atomic E-state index is 0.788. The lowest BCUT2D eigenvalue weighted by Crippen LogP contribution is -1.96. The quantitative estimate of drug-likeness (QED) is 0.909. The van der Waals surface area contributed by atoms with Crippen LogP contribution in [0.1, 0.15) is 5.69 Å². The van der Waals surface area contributed by atoms with Crippen LogP contribution in [0.3, 0.4) is 0 Å². The van der Waals surface area contributed by atoms with Gasteiger partial charge in [-0.1, -0.05) is 0 Å². The van der Waals surface area contributed by atoms with Crippen LogP contribution in [-0.2, 0) is 7.05 Å². The van der Waals surface area contributed by atoms with Crippen LogP contribution in [0, 0.1) is 6.92 Å². The van der Waals surface area contributed by atoms with Crippen LogP contribution >= 0.6 is 15.9 Å². The highest BCUT2D eigenvalue weighted by molar-refractivity contribution is 9.10. The van der Waals surface area contributed by atoms with E-state index in [0.29, 0.717) is 0 Å². The molecule has 0 aliphatic rings. The summed E-state index contributed by atoms with van der Waals surface area (Å²) >= 11 is 3.34.